The monoisotopic (exact) mass is 172 g/mol. The molecule has 0 aromatic carbocycles. The predicted molar refractivity (Wildman–Crippen MR) is 50.2 cm³/mol. The molecule has 1 saturated heterocycles. The van der Waals surface area contributed by atoms with E-state index >= 15 is 0 Å². The summed E-state index contributed by atoms with van der Waals surface area (Å²) in [5.41, 5.74) is 0. The van der Waals surface area contributed by atoms with E-state index in [1.165, 1.54) is 12.8 Å². The summed E-state index contributed by atoms with van der Waals surface area (Å²) in [5.74, 6) is 0. The molecule has 0 aromatic rings. The van der Waals surface area contributed by atoms with Gasteiger partial charge in [0.2, 0.25) is 0 Å². The number of hydrogen-bond acceptors (Lipinski definition) is 3. The molecule has 12 heavy (non-hydrogen) atoms. The third-order valence-electron chi connectivity index (χ3n) is 2.27. The summed E-state index contributed by atoms with van der Waals surface area (Å²) in [5, 5.41) is 12.6. The summed E-state index contributed by atoms with van der Waals surface area (Å²) >= 11 is 0. The molecule has 0 bridgehead atoms. The fourth-order valence-corrected chi connectivity index (χ4v) is 1.81. The molecule has 1 heterocycles. The van der Waals surface area contributed by atoms with Crippen LogP contribution in [0, 0.1) is 0 Å². The zero-order chi connectivity index (χ0) is 8.97. The molecular weight excluding hydrogens is 152 g/mol. The lowest BCUT2D eigenvalue weighted by atomic mass is 10.2. The van der Waals surface area contributed by atoms with Gasteiger partial charge in [0, 0.05) is 19.1 Å². The highest BCUT2D eigenvalue weighted by Crippen LogP contribution is 2.05. The van der Waals surface area contributed by atoms with Gasteiger partial charge >= 0.3 is 0 Å². The molecule has 72 valence electrons. The van der Waals surface area contributed by atoms with Gasteiger partial charge in [0.05, 0.1) is 6.10 Å². The number of likely N-dealkylation sites (N-methyl/N-ethyl adjacent to an activating group) is 1. The molecular formula is C9H20N2O. The number of aliphatic hydroxyl groups is 1. The molecule has 2 N–H and O–H groups in total. The minimum absolute atomic E-state index is 0.212. The second kappa shape index (κ2) is 4.80. The number of hydrogen-bond donors (Lipinski definition) is 2. The second-order valence-corrected chi connectivity index (χ2v) is 3.86. The Kier molecular flexibility index (Phi) is 3.98. The van der Waals surface area contributed by atoms with Crippen LogP contribution in [0.3, 0.4) is 0 Å². The van der Waals surface area contributed by atoms with Crippen molar-refractivity contribution in [2.24, 2.45) is 0 Å². The quantitative estimate of drug-likeness (QED) is 0.629. The smallest absolute Gasteiger partial charge is 0.0638 e. The highest BCUT2D eigenvalue weighted by molar-refractivity contribution is 4.77. The largest absolute Gasteiger partial charge is 0.392 e. The Balaban J connectivity index is 2.11. The van der Waals surface area contributed by atoms with Crippen LogP contribution in [0.4, 0.5) is 0 Å². The van der Waals surface area contributed by atoms with Crippen LogP contribution in [0.5, 0.6) is 0 Å². The Hall–Kier alpha value is -0.120. The lowest BCUT2D eigenvalue weighted by molar-refractivity contribution is 0.137. The molecule has 1 fully saturated rings. The van der Waals surface area contributed by atoms with Gasteiger partial charge in [-0.2, -0.15) is 0 Å². The standard InChI is InChI=1S/C9H20N2O/c1-8(12)6-11(2)7-9-4-3-5-10-9/h8-10,12H,3-7H2,1-2H3/t8-,9?/m0/s1. The first-order valence-electron chi connectivity index (χ1n) is 4.78. The van der Waals surface area contributed by atoms with E-state index in [0.29, 0.717) is 6.04 Å². The fraction of sp³-hybridized carbons (Fsp3) is 1.00. The van der Waals surface area contributed by atoms with Crippen molar-refractivity contribution < 1.29 is 5.11 Å². The number of aliphatic hydroxyl groups excluding tert-OH is 1. The molecule has 1 unspecified atom stereocenters. The average Bonchev–Trinajstić information content (AvgIpc) is 2.37. The van der Waals surface area contributed by atoms with Gasteiger partial charge in [0.1, 0.15) is 0 Å². The SMILES string of the molecule is C[C@H](O)CN(C)CC1CCCN1. The third-order valence-corrected chi connectivity index (χ3v) is 2.27. The summed E-state index contributed by atoms with van der Waals surface area (Å²) < 4.78 is 0. The average molecular weight is 172 g/mol. The van der Waals surface area contributed by atoms with Crippen LogP contribution >= 0.6 is 0 Å². The lowest BCUT2D eigenvalue weighted by Gasteiger charge is -2.22. The predicted octanol–water partition coefficient (Wildman–Crippen LogP) is 0.0510. The maximum Gasteiger partial charge on any atom is 0.0638 e. The highest BCUT2D eigenvalue weighted by Gasteiger charge is 2.16. The molecule has 0 aliphatic carbocycles. The first-order chi connectivity index (χ1) is 5.68. The van der Waals surface area contributed by atoms with E-state index in [1.807, 2.05) is 6.92 Å². The van der Waals surface area contributed by atoms with Crippen LogP contribution in [-0.2, 0) is 0 Å². The molecule has 3 nitrogen and oxygen atoms in total. The summed E-state index contributed by atoms with van der Waals surface area (Å²) in [6.07, 6.45) is 2.37. The van der Waals surface area contributed by atoms with Crippen LogP contribution in [-0.4, -0.2) is 48.8 Å². The lowest BCUT2D eigenvalue weighted by Crippen LogP contribution is -2.38. The zero-order valence-electron chi connectivity index (χ0n) is 8.08. The third kappa shape index (κ3) is 3.52. The van der Waals surface area contributed by atoms with Gasteiger partial charge in [-0.15, -0.1) is 0 Å². The van der Waals surface area contributed by atoms with Crippen LogP contribution in [0.2, 0.25) is 0 Å². The van der Waals surface area contributed by atoms with Gasteiger partial charge in [0.15, 0.2) is 0 Å². The molecule has 3 heteroatoms. The highest BCUT2D eigenvalue weighted by atomic mass is 16.3. The van der Waals surface area contributed by atoms with Crippen molar-refractivity contribution in [3.8, 4) is 0 Å². The maximum absolute atomic E-state index is 9.13. The van der Waals surface area contributed by atoms with Crippen molar-refractivity contribution in [1.29, 1.82) is 0 Å². The van der Waals surface area contributed by atoms with Crippen molar-refractivity contribution in [2.45, 2.75) is 31.9 Å². The molecule has 1 rings (SSSR count). The normalized spacial score (nSPS) is 26.5. The van der Waals surface area contributed by atoms with Crippen LogP contribution in [0.25, 0.3) is 0 Å². The van der Waals surface area contributed by atoms with Crippen molar-refractivity contribution in [3.05, 3.63) is 0 Å². The molecule has 0 saturated carbocycles. The van der Waals surface area contributed by atoms with E-state index in [0.717, 1.165) is 19.6 Å². The fourth-order valence-electron chi connectivity index (χ4n) is 1.81. The molecule has 0 radical (unpaired) electrons. The van der Waals surface area contributed by atoms with Crippen molar-refractivity contribution in [2.75, 3.05) is 26.7 Å². The summed E-state index contributed by atoms with van der Waals surface area (Å²) in [6.45, 7) is 4.83. The Bertz CT molecular complexity index is 122. The molecule has 0 amide bonds. The molecule has 1 aliphatic rings. The van der Waals surface area contributed by atoms with Gasteiger partial charge < -0.3 is 15.3 Å². The number of nitrogens with zero attached hydrogens (tertiary/aromatic N) is 1. The van der Waals surface area contributed by atoms with E-state index in [1.54, 1.807) is 0 Å². The Morgan fingerprint density at radius 2 is 2.42 bits per heavy atom. The van der Waals surface area contributed by atoms with Crippen LogP contribution in [0.1, 0.15) is 19.8 Å². The summed E-state index contributed by atoms with van der Waals surface area (Å²) in [4.78, 5) is 2.19. The molecule has 1 aliphatic heterocycles. The van der Waals surface area contributed by atoms with Crippen molar-refractivity contribution in [3.63, 3.8) is 0 Å². The number of nitrogens with one attached hydrogen (secondary N) is 1. The van der Waals surface area contributed by atoms with Crippen molar-refractivity contribution >= 4 is 0 Å². The minimum atomic E-state index is -0.212. The Morgan fingerprint density at radius 3 is 2.92 bits per heavy atom. The zero-order valence-corrected chi connectivity index (χ0v) is 8.08. The van der Waals surface area contributed by atoms with E-state index in [-0.39, 0.29) is 6.10 Å². The summed E-state index contributed by atoms with van der Waals surface area (Å²) in [7, 11) is 2.06. The molecule has 2 atom stereocenters. The van der Waals surface area contributed by atoms with E-state index in [9.17, 15) is 0 Å². The second-order valence-electron chi connectivity index (χ2n) is 3.86. The van der Waals surface area contributed by atoms with E-state index in [4.69, 9.17) is 5.11 Å². The van der Waals surface area contributed by atoms with E-state index in [2.05, 4.69) is 17.3 Å². The molecule has 0 aromatic heterocycles. The number of rotatable bonds is 4. The van der Waals surface area contributed by atoms with Gasteiger partial charge in [-0.3, -0.25) is 0 Å². The first-order valence-corrected chi connectivity index (χ1v) is 4.78. The van der Waals surface area contributed by atoms with Gasteiger partial charge in [-0.05, 0) is 33.4 Å². The topological polar surface area (TPSA) is 35.5 Å². The molecule has 0 spiro atoms. The Labute approximate surface area is 74.8 Å². The maximum atomic E-state index is 9.13. The van der Waals surface area contributed by atoms with Gasteiger partial charge in [-0.25, -0.2) is 0 Å². The van der Waals surface area contributed by atoms with E-state index < -0.39 is 0 Å². The van der Waals surface area contributed by atoms with Crippen LogP contribution in [0.15, 0.2) is 0 Å². The van der Waals surface area contributed by atoms with Gasteiger partial charge in [-0.1, -0.05) is 0 Å². The first kappa shape index (κ1) is 9.96. The van der Waals surface area contributed by atoms with Gasteiger partial charge in [0.25, 0.3) is 0 Å². The van der Waals surface area contributed by atoms with Crippen molar-refractivity contribution in [1.82, 2.24) is 10.2 Å². The Morgan fingerprint density at radius 1 is 1.67 bits per heavy atom. The minimum Gasteiger partial charge on any atom is -0.392 e. The van der Waals surface area contributed by atoms with Crippen LogP contribution < -0.4 is 5.32 Å². The summed E-state index contributed by atoms with van der Waals surface area (Å²) in [6, 6.07) is 0.647.